The third kappa shape index (κ3) is 3.59. The van der Waals surface area contributed by atoms with Crippen LogP contribution in [0, 0.1) is 0 Å². The Morgan fingerprint density at radius 1 is 1.60 bits per heavy atom. The van der Waals surface area contributed by atoms with Gasteiger partial charge in [-0.1, -0.05) is 11.6 Å². The van der Waals surface area contributed by atoms with E-state index < -0.39 is 5.56 Å². The SMILES string of the molecule is CC(=O)NCCNc1cn[nH]c(=O)c1Cl. The highest BCUT2D eigenvalue weighted by molar-refractivity contribution is 6.32. The summed E-state index contributed by atoms with van der Waals surface area (Å²) in [5.74, 6) is -0.105. The van der Waals surface area contributed by atoms with E-state index >= 15 is 0 Å². The van der Waals surface area contributed by atoms with Crippen molar-refractivity contribution in [1.82, 2.24) is 15.5 Å². The maximum absolute atomic E-state index is 11.0. The molecule has 6 nitrogen and oxygen atoms in total. The van der Waals surface area contributed by atoms with E-state index in [1.54, 1.807) is 0 Å². The topological polar surface area (TPSA) is 86.9 Å². The monoisotopic (exact) mass is 230 g/mol. The number of nitrogens with one attached hydrogen (secondary N) is 3. The Labute approximate surface area is 91.0 Å². The lowest BCUT2D eigenvalue weighted by molar-refractivity contribution is -0.118. The van der Waals surface area contributed by atoms with Crippen LogP contribution in [0.1, 0.15) is 6.92 Å². The number of aromatic amines is 1. The Hall–Kier alpha value is -1.56. The van der Waals surface area contributed by atoms with Crippen molar-refractivity contribution in [2.24, 2.45) is 0 Å². The van der Waals surface area contributed by atoms with Crippen molar-refractivity contribution in [3.63, 3.8) is 0 Å². The first-order valence-corrected chi connectivity index (χ1v) is 4.70. The van der Waals surface area contributed by atoms with Gasteiger partial charge in [-0.3, -0.25) is 9.59 Å². The Morgan fingerprint density at radius 3 is 3.00 bits per heavy atom. The number of carbonyl (C=O) groups is 1. The second-order valence-electron chi connectivity index (χ2n) is 2.84. The number of hydrogen-bond acceptors (Lipinski definition) is 4. The molecule has 0 fully saturated rings. The first kappa shape index (κ1) is 11.5. The van der Waals surface area contributed by atoms with Crippen LogP contribution in [0.15, 0.2) is 11.0 Å². The fraction of sp³-hybridized carbons (Fsp3) is 0.375. The lowest BCUT2D eigenvalue weighted by Gasteiger charge is -2.06. The maximum Gasteiger partial charge on any atom is 0.285 e. The molecule has 0 spiro atoms. The van der Waals surface area contributed by atoms with Gasteiger partial charge in [0.15, 0.2) is 0 Å². The molecule has 1 aromatic rings. The number of carbonyl (C=O) groups excluding carboxylic acids is 1. The first-order chi connectivity index (χ1) is 7.11. The summed E-state index contributed by atoms with van der Waals surface area (Å²) in [6.45, 7) is 2.37. The molecule has 0 aliphatic heterocycles. The summed E-state index contributed by atoms with van der Waals surface area (Å²) in [4.78, 5) is 21.6. The number of nitrogens with zero attached hydrogens (tertiary/aromatic N) is 1. The molecule has 0 aliphatic carbocycles. The van der Waals surface area contributed by atoms with Gasteiger partial charge in [0.25, 0.3) is 5.56 Å². The van der Waals surface area contributed by atoms with Crippen LogP contribution in [-0.2, 0) is 4.79 Å². The average Bonchev–Trinajstić information content (AvgIpc) is 2.18. The van der Waals surface area contributed by atoms with Crippen LogP contribution < -0.4 is 16.2 Å². The van der Waals surface area contributed by atoms with Gasteiger partial charge in [-0.2, -0.15) is 5.10 Å². The molecular weight excluding hydrogens is 220 g/mol. The highest BCUT2D eigenvalue weighted by atomic mass is 35.5. The number of H-pyrrole nitrogens is 1. The zero-order chi connectivity index (χ0) is 11.3. The summed E-state index contributed by atoms with van der Waals surface area (Å²) in [5, 5.41) is 11.3. The Kier molecular flexibility index (Phi) is 4.11. The minimum atomic E-state index is -0.443. The molecule has 1 rings (SSSR count). The molecule has 0 unspecified atom stereocenters. The first-order valence-electron chi connectivity index (χ1n) is 4.32. The molecule has 0 aromatic carbocycles. The summed E-state index contributed by atoms with van der Waals surface area (Å²) >= 11 is 5.70. The maximum atomic E-state index is 11.0. The number of aromatic nitrogens is 2. The van der Waals surface area contributed by atoms with E-state index in [-0.39, 0.29) is 10.9 Å². The molecule has 0 saturated carbocycles. The molecule has 7 heteroatoms. The standard InChI is InChI=1S/C8H11ClN4O2/c1-5(14)10-2-3-11-6-4-12-13-8(15)7(6)9/h4H,2-3H2,1H3,(H,10,14)(H2,11,13,15). The molecule has 0 atom stereocenters. The van der Waals surface area contributed by atoms with Crippen LogP contribution in [0.3, 0.4) is 0 Å². The minimum Gasteiger partial charge on any atom is -0.381 e. The van der Waals surface area contributed by atoms with Crippen LogP contribution in [0.2, 0.25) is 5.02 Å². The number of amides is 1. The molecule has 1 heterocycles. The second-order valence-corrected chi connectivity index (χ2v) is 3.21. The number of halogens is 1. The fourth-order valence-electron chi connectivity index (χ4n) is 0.942. The van der Waals surface area contributed by atoms with E-state index in [0.29, 0.717) is 18.8 Å². The number of hydrogen-bond donors (Lipinski definition) is 3. The van der Waals surface area contributed by atoms with Crippen molar-refractivity contribution in [1.29, 1.82) is 0 Å². The van der Waals surface area contributed by atoms with Gasteiger partial charge in [0.2, 0.25) is 5.91 Å². The lowest BCUT2D eigenvalue weighted by atomic mass is 10.4. The predicted molar refractivity (Wildman–Crippen MR) is 57.0 cm³/mol. The fourth-order valence-corrected chi connectivity index (χ4v) is 1.10. The summed E-state index contributed by atoms with van der Waals surface area (Å²) < 4.78 is 0. The van der Waals surface area contributed by atoms with Crippen molar-refractivity contribution < 1.29 is 4.79 Å². The molecule has 15 heavy (non-hydrogen) atoms. The second kappa shape index (κ2) is 5.35. The molecule has 3 N–H and O–H groups in total. The van der Waals surface area contributed by atoms with Gasteiger partial charge >= 0.3 is 0 Å². The van der Waals surface area contributed by atoms with E-state index in [9.17, 15) is 9.59 Å². The highest BCUT2D eigenvalue weighted by Gasteiger charge is 2.03. The van der Waals surface area contributed by atoms with Crippen molar-refractivity contribution in [3.05, 3.63) is 21.6 Å². The van der Waals surface area contributed by atoms with Crippen LogP contribution in [0.4, 0.5) is 5.69 Å². The lowest BCUT2D eigenvalue weighted by Crippen LogP contribution is -2.26. The average molecular weight is 231 g/mol. The Balaban J connectivity index is 2.48. The molecule has 1 amide bonds. The zero-order valence-corrected chi connectivity index (χ0v) is 8.89. The van der Waals surface area contributed by atoms with Crippen LogP contribution >= 0.6 is 11.6 Å². The quantitative estimate of drug-likeness (QED) is 0.634. The van der Waals surface area contributed by atoms with E-state index in [0.717, 1.165) is 0 Å². The van der Waals surface area contributed by atoms with Gasteiger partial charge < -0.3 is 10.6 Å². The van der Waals surface area contributed by atoms with Gasteiger partial charge in [0.1, 0.15) is 5.02 Å². The van der Waals surface area contributed by atoms with Crippen molar-refractivity contribution in [3.8, 4) is 0 Å². The van der Waals surface area contributed by atoms with E-state index in [1.165, 1.54) is 13.1 Å². The van der Waals surface area contributed by atoms with Gasteiger partial charge in [0.05, 0.1) is 11.9 Å². The minimum absolute atomic E-state index is 0.0628. The van der Waals surface area contributed by atoms with Crippen molar-refractivity contribution >= 4 is 23.2 Å². The molecule has 1 aromatic heterocycles. The Bertz CT molecular complexity index is 404. The third-order valence-electron chi connectivity index (χ3n) is 1.61. The van der Waals surface area contributed by atoms with E-state index in [2.05, 4.69) is 20.8 Å². The van der Waals surface area contributed by atoms with Gasteiger partial charge in [0, 0.05) is 20.0 Å². The van der Waals surface area contributed by atoms with E-state index in [4.69, 9.17) is 11.6 Å². The third-order valence-corrected chi connectivity index (χ3v) is 1.99. The van der Waals surface area contributed by atoms with Gasteiger partial charge in [-0.15, -0.1) is 0 Å². The van der Waals surface area contributed by atoms with Crippen molar-refractivity contribution in [2.75, 3.05) is 18.4 Å². The van der Waals surface area contributed by atoms with E-state index in [1.807, 2.05) is 0 Å². The summed E-state index contributed by atoms with van der Waals surface area (Å²) in [6, 6.07) is 0. The van der Waals surface area contributed by atoms with Crippen molar-refractivity contribution in [2.45, 2.75) is 6.92 Å². The van der Waals surface area contributed by atoms with Gasteiger partial charge in [-0.05, 0) is 0 Å². The largest absolute Gasteiger partial charge is 0.381 e. The smallest absolute Gasteiger partial charge is 0.285 e. The highest BCUT2D eigenvalue weighted by Crippen LogP contribution is 2.13. The molecule has 82 valence electrons. The predicted octanol–water partition coefficient (Wildman–Crippen LogP) is -0.0287. The summed E-state index contributed by atoms with van der Waals surface area (Å²) in [5.41, 5.74) is 0.00645. The Morgan fingerprint density at radius 2 is 2.33 bits per heavy atom. The molecule has 0 radical (unpaired) electrons. The molecule has 0 bridgehead atoms. The molecule has 0 aliphatic rings. The summed E-state index contributed by atoms with van der Waals surface area (Å²) in [6.07, 6.45) is 1.41. The number of anilines is 1. The van der Waals surface area contributed by atoms with Crippen LogP contribution in [-0.4, -0.2) is 29.2 Å². The molecule has 0 saturated heterocycles. The zero-order valence-electron chi connectivity index (χ0n) is 8.13. The number of rotatable bonds is 4. The molecular formula is C8H11ClN4O2. The summed E-state index contributed by atoms with van der Waals surface area (Å²) in [7, 11) is 0. The van der Waals surface area contributed by atoms with Crippen LogP contribution in [0.5, 0.6) is 0 Å². The normalized spacial score (nSPS) is 9.73. The van der Waals surface area contributed by atoms with Gasteiger partial charge in [-0.25, -0.2) is 5.10 Å². The van der Waals surface area contributed by atoms with Crippen LogP contribution in [0.25, 0.3) is 0 Å².